The van der Waals surface area contributed by atoms with Crippen LogP contribution in [0.25, 0.3) is 0 Å². The van der Waals surface area contributed by atoms with E-state index in [9.17, 15) is 9.59 Å². The Morgan fingerprint density at radius 2 is 1.54 bits per heavy atom. The molecule has 28 heavy (non-hydrogen) atoms. The average Bonchev–Trinajstić information content (AvgIpc) is 3.19. The summed E-state index contributed by atoms with van der Waals surface area (Å²) >= 11 is 3.46. The van der Waals surface area contributed by atoms with Crippen LogP contribution in [0.2, 0.25) is 0 Å². The standard InChI is InChI=1S/C22H24BrN3O2/c1-2-15-24-21(28)26-19-11-9-18(10-12-19)25-20(27)22(13-3-4-14-22)16-5-7-17(23)8-6-16/h2,5-12H,1,3-4,13-15H2,(H,25,27)(H2,24,26,28). The zero-order valence-electron chi connectivity index (χ0n) is 15.6. The van der Waals surface area contributed by atoms with Gasteiger partial charge in [0.2, 0.25) is 5.91 Å². The van der Waals surface area contributed by atoms with Crippen molar-refractivity contribution in [3.63, 3.8) is 0 Å². The summed E-state index contributed by atoms with van der Waals surface area (Å²) in [6.07, 6.45) is 5.41. The fourth-order valence-corrected chi connectivity index (χ4v) is 3.89. The third-order valence-electron chi connectivity index (χ3n) is 5.10. The summed E-state index contributed by atoms with van der Waals surface area (Å²) in [4.78, 5) is 24.9. The number of hydrogen-bond donors (Lipinski definition) is 3. The maximum Gasteiger partial charge on any atom is 0.319 e. The summed E-state index contributed by atoms with van der Waals surface area (Å²) in [6, 6.07) is 14.9. The van der Waals surface area contributed by atoms with Gasteiger partial charge in [-0.25, -0.2) is 4.79 Å². The van der Waals surface area contributed by atoms with Crippen LogP contribution in [0.5, 0.6) is 0 Å². The summed E-state index contributed by atoms with van der Waals surface area (Å²) < 4.78 is 1.00. The molecule has 1 aliphatic carbocycles. The number of carbonyl (C=O) groups is 2. The minimum Gasteiger partial charge on any atom is -0.334 e. The van der Waals surface area contributed by atoms with Crippen molar-refractivity contribution in [2.75, 3.05) is 17.2 Å². The summed E-state index contributed by atoms with van der Waals surface area (Å²) in [7, 11) is 0. The minimum absolute atomic E-state index is 0.0248. The maximum atomic E-state index is 13.2. The van der Waals surface area contributed by atoms with E-state index in [1.807, 2.05) is 24.3 Å². The van der Waals surface area contributed by atoms with Crippen molar-refractivity contribution in [2.45, 2.75) is 31.1 Å². The summed E-state index contributed by atoms with van der Waals surface area (Å²) in [5, 5.41) is 8.45. The smallest absolute Gasteiger partial charge is 0.319 e. The van der Waals surface area contributed by atoms with Gasteiger partial charge in [0.25, 0.3) is 0 Å². The Hall–Kier alpha value is -2.60. The third kappa shape index (κ3) is 4.62. The van der Waals surface area contributed by atoms with Gasteiger partial charge in [0.15, 0.2) is 0 Å². The first-order chi connectivity index (χ1) is 13.5. The van der Waals surface area contributed by atoms with Gasteiger partial charge in [-0.1, -0.05) is 47.0 Å². The Kier molecular flexibility index (Phi) is 6.52. The van der Waals surface area contributed by atoms with Gasteiger partial charge >= 0.3 is 6.03 Å². The highest BCUT2D eigenvalue weighted by Gasteiger charge is 2.42. The van der Waals surface area contributed by atoms with Crippen LogP contribution < -0.4 is 16.0 Å². The predicted molar refractivity (Wildman–Crippen MR) is 117 cm³/mol. The van der Waals surface area contributed by atoms with Crippen molar-refractivity contribution in [3.05, 3.63) is 71.2 Å². The van der Waals surface area contributed by atoms with E-state index in [0.717, 1.165) is 35.7 Å². The molecule has 0 bridgehead atoms. The highest BCUT2D eigenvalue weighted by atomic mass is 79.9. The lowest BCUT2D eigenvalue weighted by Crippen LogP contribution is -2.38. The normalized spacial score (nSPS) is 14.9. The first-order valence-electron chi connectivity index (χ1n) is 9.37. The topological polar surface area (TPSA) is 70.2 Å². The fraction of sp³-hybridized carbons (Fsp3) is 0.273. The van der Waals surface area contributed by atoms with Crippen LogP contribution in [-0.2, 0) is 10.2 Å². The molecule has 6 heteroatoms. The summed E-state index contributed by atoms with van der Waals surface area (Å²) in [6.45, 7) is 3.96. The largest absolute Gasteiger partial charge is 0.334 e. The molecule has 0 radical (unpaired) electrons. The molecule has 2 aromatic rings. The van der Waals surface area contributed by atoms with Gasteiger partial charge in [-0.2, -0.15) is 0 Å². The maximum absolute atomic E-state index is 13.2. The van der Waals surface area contributed by atoms with Crippen LogP contribution in [0.1, 0.15) is 31.2 Å². The Morgan fingerprint density at radius 1 is 0.964 bits per heavy atom. The van der Waals surface area contributed by atoms with Gasteiger partial charge in [0, 0.05) is 22.4 Å². The Balaban J connectivity index is 1.69. The predicted octanol–water partition coefficient (Wildman–Crippen LogP) is 5.21. The minimum atomic E-state index is -0.484. The Labute approximate surface area is 173 Å². The van der Waals surface area contributed by atoms with Crippen molar-refractivity contribution in [1.29, 1.82) is 0 Å². The molecule has 3 N–H and O–H groups in total. The van der Waals surface area contributed by atoms with E-state index in [4.69, 9.17) is 0 Å². The molecular weight excluding hydrogens is 418 g/mol. The number of hydrogen-bond acceptors (Lipinski definition) is 2. The van der Waals surface area contributed by atoms with Crippen LogP contribution in [-0.4, -0.2) is 18.5 Å². The molecular formula is C22H24BrN3O2. The molecule has 0 atom stereocenters. The molecule has 1 saturated carbocycles. The van der Waals surface area contributed by atoms with Gasteiger partial charge in [-0.05, 0) is 54.8 Å². The third-order valence-corrected chi connectivity index (χ3v) is 5.62. The molecule has 5 nitrogen and oxygen atoms in total. The second-order valence-corrected chi connectivity index (χ2v) is 7.87. The van der Waals surface area contributed by atoms with Gasteiger partial charge < -0.3 is 16.0 Å². The quantitative estimate of drug-likeness (QED) is 0.538. The molecule has 0 heterocycles. The van der Waals surface area contributed by atoms with Crippen LogP contribution in [0.4, 0.5) is 16.2 Å². The summed E-state index contributed by atoms with van der Waals surface area (Å²) in [5.41, 5.74) is 1.94. The first kappa shape index (κ1) is 20.1. The van der Waals surface area contributed by atoms with Crippen molar-refractivity contribution < 1.29 is 9.59 Å². The van der Waals surface area contributed by atoms with Gasteiger partial charge in [0.05, 0.1) is 5.41 Å². The number of halogens is 1. The van der Waals surface area contributed by atoms with E-state index in [1.54, 1.807) is 30.3 Å². The zero-order chi connectivity index (χ0) is 20.0. The molecule has 3 amide bonds. The van der Waals surface area contributed by atoms with Crippen molar-refractivity contribution in [3.8, 4) is 0 Å². The first-order valence-corrected chi connectivity index (χ1v) is 10.2. The van der Waals surface area contributed by atoms with E-state index in [1.165, 1.54) is 0 Å². The molecule has 1 aliphatic rings. The zero-order valence-corrected chi connectivity index (χ0v) is 17.2. The molecule has 2 aromatic carbocycles. The van der Waals surface area contributed by atoms with E-state index >= 15 is 0 Å². The molecule has 0 saturated heterocycles. The van der Waals surface area contributed by atoms with Crippen LogP contribution in [0.3, 0.4) is 0 Å². The molecule has 0 unspecified atom stereocenters. The van der Waals surface area contributed by atoms with Crippen LogP contribution in [0.15, 0.2) is 65.7 Å². The number of urea groups is 1. The van der Waals surface area contributed by atoms with Gasteiger partial charge in [-0.3, -0.25) is 4.79 Å². The van der Waals surface area contributed by atoms with E-state index in [2.05, 4.69) is 38.5 Å². The highest BCUT2D eigenvalue weighted by Crippen LogP contribution is 2.42. The fourth-order valence-electron chi connectivity index (χ4n) is 3.62. The number of amides is 3. The van der Waals surface area contributed by atoms with Crippen LogP contribution in [0, 0.1) is 0 Å². The van der Waals surface area contributed by atoms with Gasteiger partial charge in [0.1, 0.15) is 0 Å². The summed E-state index contributed by atoms with van der Waals surface area (Å²) in [5.74, 6) is 0.0248. The lowest BCUT2D eigenvalue weighted by atomic mass is 9.78. The second kappa shape index (κ2) is 9.06. The van der Waals surface area contributed by atoms with E-state index < -0.39 is 5.41 Å². The van der Waals surface area contributed by atoms with Crippen molar-refractivity contribution >= 4 is 39.2 Å². The Morgan fingerprint density at radius 3 is 2.11 bits per heavy atom. The second-order valence-electron chi connectivity index (χ2n) is 6.95. The lowest BCUT2D eigenvalue weighted by molar-refractivity contribution is -0.121. The van der Waals surface area contributed by atoms with Crippen molar-refractivity contribution in [1.82, 2.24) is 5.32 Å². The number of rotatable bonds is 6. The number of benzene rings is 2. The molecule has 3 rings (SSSR count). The molecule has 0 aliphatic heterocycles. The SMILES string of the molecule is C=CCNC(=O)Nc1ccc(NC(=O)C2(c3ccc(Br)cc3)CCCC2)cc1. The number of nitrogens with one attached hydrogen (secondary N) is 3. The highest BCUT2D eigenvalue weighted by molar-refractivity contribution is 9.10. The van der Waals surface area contributed by atoms with Crippen molar-refractivity contribution in [2.24, 2.45) is 0 Å². The lowest BCUT2D eigenvalue weighted by Gasteiger charge is -2.28. The molecule has 146 valence electrons. The monoisotopic (exact) mass is 441 g/mol. The molecule has 1 fully saturated rings. The average molecular weight is 442 g/mol. The number of anilines is 2. The van der Waals surface area contributed by atoms with E-state index in [-0.39, 0.29) is 11.9 Å². The Bertz CT molecular complexity index is 841. The van der Waals surface area contributed by atoms with Crippen LogP contribution >= 0.6 is 15.9 Å². The van der Waals surface area contributed by atoms with E-state index in [0.29, 0.717) is 17.9 Å². The molecule has 0 spiro atoms. The molecule has 0 aromatic heterocycles. The van der Waals surface area contributed by atoms with Gasteiger partial charge in [-0.15, -0.1) is 6.58 Å². The number of carbonyl (C=O) groups excluding carboxylic acids is 2.